The van der Waals surface area contributed by atoms with E-state index in [9.17, 15) is 4.79 Å². The fraction of sp³-hybridized carbons (Fsp3) is 0.533. The van der Waals surface area contributed by atoms with Crippen LogP contribution in [0.15, 0.2) is 18.2 Å². The number of anilines is 2. The van der Waals surface area contributed by atoms with Gasteiger partial charge in [0.25, 0.3) is 0 Å². The third-order valence-corrected chi connectivity index (χ3v) is 3.27. The van der Waals surface area contributed by atoms with Gasteiger partial charge in [0, 0.05) is 17.7 Å². The van der Waals surface area contributed by atoms with Crippen molar-refractivity contribution in [1.82, 2.24) is 0 Å². The molecular weight excluding hydrogens is 240 g/mol. The van der Waals surface area contributed by atoms with Gasteiger partial charge in [-0.1, -0.05) is 26.7 Å². The molecule has 1 rings (SSSR count). The smallest absolute Gasteiger partial charge is 0.227 e. The van der Waals surface area contributed by atoms with Crippen LogP contribution in [0, 0.1) is 5.92 Å². The number of hydrogen-bond donors (Lipinski definition) is 2. The third kappa shape index (κ3) is 4.47. The fourth-order valence-corrected chi connectivity index (χ4v) is 2.00. The number of amides is 1. The zero-order chi connectivity index (χ0) is 14.3. The summed E-state index contributed by atoms with van der Waals surface area (Å²) in [5, 5.41) is 2.93. The highest BCUT2D eigenvalue weighted by Gasteiger charge is 2.16. The Balaban J connectivity index is 2.69. The van der Waals surface area contributed by atoms with E-state index >= 15 is 0 Å². The Kier molecular flexibility index (Phi) is 6.19. The van der Waals surface area contributed by atoms with Crippen molar-refractivity contribution in [3.63, 3.8) is 0 Å². The molecule has 1 atom stereocenters. The van der Waals surface area contributed by atoms with Crippen molar-refractivity contribution >= 4 is 17.3 Å². The Morgan fingerprint density at radius 3 is 2.74 bits per heavy atom. The van der Waals surface area contributed by atoms with Gasteiger partial charge < -0.3 is 15.8 Å². The molecule has 3 N–H and O–H groups in total. The van der Waals surface area contributed by atoms with Crippen molar-refractivity contribution < 1.29 is 9.53 Å². The van der Waals surface area contributed by atoms with Gasteiger partial charge in [0.1, 0.15) is 5.75 Å². The van der Waals surface area contributed by atoms with Crippen LogP contribution in [0.5, 0.6) is 5.75 Å². The largest absolute Gasteiger partial charge is 0.495 e. The summed E-state index contributed by atoms with van der Waals surface area (Å²) in [5.74, 6) is 0.727. The van der Waals surface area contributed by atoms with Crippen molar-refractivity contribution in [2.45, 2.75) is 39.5 Å². The maximum atomic E-state index is 12.2. The predicted molar refractivity (Wildman–Crippen MR) is 79.3 cm³/mol. The minimum Gasteiger partial charge on any atom is -0.495 e. The van der Waals surface area contributed by atoms with Crippen LogP contribution in [0.2, 0.25) is 0 Å². The number of nitrogens with two attached hydrogens (primary N) is 1. The minimum absolute atomic E-state index is 0.0720. The molecule has 0 aromatic heterocycles. The van der Waals surface area contributed by atoms with Gasteiger partial charge in [-0.2, -0.15) is 0 Å². The van der Waals surface area contributed by atoms with Crippen molar-refractivity contribution in [1.29, 1.82) is 0 Å². The van der Waals surface area contributed by atoms with E-state index in [1.165, 1.54) is 0 Å². The molecule has 1 amide bonds. The number of benzene rings is 1. The Bertz CT molecular complexity index is 419. The van der Waals surface area contributed by atoms with E-state index in [-0.39, 0.29) is 11.8 Å². The van der Waals surface area contributed by atoms with E-state index in [2.05, 4.69) is 12.2 Å². The molecule has 0 aliphatic rings. The first-order chi connectivity index (χ1) is 9.12. The maximum absolute atomic E-state index is 12.2. The summed E-state index contributed by atoms with van der Waals surface area (Å²) >= 11 is 0. The number of carbonyl (C=O) groups excluding carboxylic acids is 1. The molecule has 19 heavy (non-hydrogen) atoms. The van der Waals surface area contributed by atoms with Gasteiger partial charge in [-0.15, -0.1) is 0 Å². The van der Waals surface area contributed by atoms with Crippen LogP contribution in [-0.4, -0.2) is 13.0 Å². The number of nitrogen functional groups attached to an aromatic ring is 1. The molecule has 0 aliphatic carbocycles. The number of hydrogen-bond acceptors (Lipinski definition) is 3. The van der Waals surface area contributed by atoms with Gasteiger partial charge in [-0.3, -0.25) is 4.79 Å². The summed E-state index contributed by atoms with van der Waals surface area (Å²) in [6, 6.07) is 5.28. The third-order valence-electron chi connectivity index (χ3n) is 3.27. The van der Waals surface area contributed by atoms with E-state index in [1.807, 2.05) is 6.92 Å². The second kappa shape index (κ2) is 7.67. The van der Waals surface area contributed by atoms with Crippen molar-refractivity contribution in [2.24, 2.45) is 5.92 Å². The molecule has 0 bridgehead atoms. The molecule has 0 heterocycles. The lowest BCUT2D eigenvalue weighted by Crippen LogP contribution is -2.22. The van der Waals surface area contributed by atoms with Crippen molar-refractivity contribution in [2.75, 3.05) is 18.2 Å². The van der Waals surface area contributed by atoms with Gasteiger partial charge in [0.05, 0.1) is 12.8 Å². The average Bonchev–Trinajstić information content (AvgIpc) is 2.41. The lowest BCUT2D eigenvalue weighted by molar-refractivity contribution is -0.120. The highest BCUT2D eigenvalue weighted by molar-refractivity contribution is 5.93. The fourth-order valence-electron chi connectivity index (χ4n) is 2.00. The molecule has 1 unspecified atom stereocenters. The average molecular weight is 264 g/mol. The first-order valence-corrected chi connectivity index (χ1v) is 6.86. The molecule has 0 saturated heterocycles. The summed E-state index contributed by atoms with van der Waals surface area (Å²) in [5.41, 5.74) is 7.04. The first-order valence-electron chi connectivity index (χ1n) is 6.86. The number of rotatable bonds is 7. The first kappa shape index (κ1) is 15.3. The molecule has 4 nitrogen and oxygen atoms in total. The van der Waals surface area contributed by atoms with E-state index in [0.29, 0.717) is 11.4 Å². The van der Waals surface area contributed by atoms with Crippen LogP contribution in [0.1, 0.15) is 39.5 Å². The van der Waals surface area contributed by atoms with Crippen LogP contribution in [0.3, 0.4) is 0 Å². The molecule has 0 spiro atoms. The SMILES string of the molecule is CCCCC(CC)C(=O)Nc1ccc(N)c(OC)c1. The summed E-state index contributed by atoms with van der Waals surface area (Å²) in [7, 11) is 1.56. The van der Waals surface area contributed by atoms with E-state index in [1.54, 1.807) is 25.3 Å². The standard InChI is InChI=1S/C15H24N2O2/c1-4-6-7-11(5-2)15(18)17-12-8-9-13(16)14(10-12)19-3/h8-11H,4-7,16H2,1-3H3,(H,17,18). The molecule has 0 aliphatic heterocycles. The molecule has 0 fully saturated rings. The van der Waals surface area contributed by atoms with Gasteiger partial charge in [0.2, 0.25) is 5.91 Å². The lowest BCUT2D eigenvalue weighted by Gasteiger charge is -2.15. The molecule has 1 aromatic rings. The van der Waals surface area contributed by atoms with Crippen LogP contribution >= 0.6 is 0 Å². The highest BCUT2D eigenvalue weighted by atomic mass is 16.5. The minimum atomic E-state index is 0.0720. The second-order valence-corrected chi connectivity index (χ2v) is 4.69. The summed E-state index contributed by atoms with van der Waals surface area (Å²) in [6.07, 6.45) is 3.99. The lowest BCUT2D eigenvalue weighted by atomic mass is 9.98. The van der Waals surface area contributed by atoms with Crippen LogP contribution in [-0.2, 0) is 4.79 Å². The van der Waals surface area contributed by atoms with Gasteiger partial charge in [-0.25, -0.2) is 0 Å². The zero-order valence-corrected chi connectivity index (χ0v) is 12.0. The van der Waals surface area contributed by atoms with Gasteiger partial charge in [0.15, 0.2) is 0 Å². The molecule has 106 valence electrons. The molecule has 0 radical (unpaired) electrons. The van der Waals surface area contributed by atoms with Crippen molar-refractivity contribution in [3.8, 4) is 5.75 Å². The normalized spacial score (nSPS) is 11.9. The van der Waals surface area contributed by atoms with E-state index in [0.717, 1.165) is 31.4 Å². The number of methoxy groups -OCH3 is 1. The highest BCUT2D eigenvalue weighted by Crippen LogP contribution is 2.25. The zero-order valence-electron chi connectivity index (χ0n) is 12.0. The quantitative estimate of drug-likeness (QED) is 0.741. The van der Waals surface area contributed by atoms with Crippen LogP contribution in [0.4, 0.5) is 11.4 Å². The maximum Gasteiger partial charge on any atom is 0.227 e. The van der Waals surface area contributed by atoms with E-state index < -0.39 is 0 Å². The Hall–Kier alpha value is -1.71. The van der Waals surface area contributed by atoms with Gasteiger partial charge >= 0.3 is 0 Å². The topological polar surface area (TPSA) is 64.4 Å². The number of nitrogens with one attached hydrogen (secondary N) is 1. The summed E-state index contributed by atoms with van der Waals surface area (Å²) < 4.78 is 5.14. The number of carbonyl (C=O) groups is 1. The van der Waals surface area contributed by atoms with Gasteiger partial charge in [-0.05, 0) is 25.0 Å². The second-order valence-electron chi connectivity index (χ2n) is 4.69. The monoisotopic (exact) mass is 264 g/mol. The summed E-state index contributed by atoms with van der Waals surface area (Å²) in [4.78, 5) is 12.2. The molecular formula is C15H24N2O2. The number of ether oxygens (including phenoxy) is 1. The molecule has 0 saturated carbocycles. The van der Waals surface area contributed by atoms with Crippen LogP contribution in [0.25, 0.3) is 0 Å². The predicted octanol–water partition coefficient (Wildman–Crippen LogP) is 3.43. The molecule has 4 heteroatoms. The Morgan fingerprint density at radius 2 is 2.16 bits per heavy atom. The Morgan fingerprint density at radius 1 is 1.42 bits per heavy atom. The Labute approximate surface area is 115 Å². The number of unbranched alkanes of at least 4 members (excludes halogenated alkanes) is 1. The molecule has 1 aromatic carbocycles. The summed E-state index contributed by atoms with van der Waals surface area (Å²) in [6.45, 7) is 4.18. The van der Waals surface area contributed by atoms with Crippen LogP contribution < -0.4 is 15.8 Å². The van der Waals surface area contributed by atoms with E-state index in [4.69, 9.17) is 10.5 Å². The van der Waals surface area contributed by atoms with Crippen molar-refractivity contribution in [3.05, 3.63) is 18.2 Å².